The highest BCUT2D eigenvalue weighted by molar-refractivity contribution is 4.76. The van der Waals surface area contributed by atoms with Crippen molar-refractivity contribution in [2.75, 3.05) is 0 Å². The third-order valence-electron chi connectivity index (χ3n) is 11.2. The molecule has 0 heterocycles. The maximum absolute atomic E-state index is 2.39. The Kier molecular flexibility index (Phi) is 88.5. The summed E-state index contributed by atoms with van der Waals surface area (Å²) in [5.41, 5.74) is 2.24. The average Bonchev–Trinajstić information content (AvgIpc) is 3.97. The first-order valence-electron chi connectivity index (χ1n) is 30.8. The summed E-state index contributed by atoms with van der Waals surface area (Å²) in [7, 11) is 0. The summed E-state index contributed by atoms with van der Waals surface area (Å²) in [6.45, 7) is 74.4. The molecule has 67 heavy (non-hydrogen) atoms. The monoisotopic (exact) mass is 959 g/mol. The summed E-state index contributed by atoms with van der Waals surface area (Å²) in [6.07, 6.45) is 32.9. The Morgan fingerprint density at radius 2 is 0.582 bits per heavy atom. The van der Waals surface area contributed by atoms with E-state index in [-0.39, 0.29) is 0 Å². The van der Waals surface area contributed by atoms with Gasteiger partial charge in [0.2, 0.25) is 0 Å². The van der Waals surface area contributed by atoms with Crippen LogP contribution in [0.25, 0.3) is 0 Å². The van der Waals surface area contributed by atoms with Gasteiger partial charge in [0.25, 0.3) is 0 Å². The van der Waals surface area contributed by atoms with Crippen molar-refractivity contribution in [3.05, 3.63) is 0 Å². The van der Waals surface area contributed by atoms with E-state index in [2.05, 4.69) is 194 Å². The molecule has 0 amide bonds. The second-order valence-corrected chi connectivity index (χ2v) is 25.8. The van der Waals surface area contributed by atoms with Gasteiger partial charge in [-0.05, 0) is 70.0 Å². The first-order chi connectivity index (χ1) is 30.8. The molecule has 0 saturated heterocycles. The van der Waals surface area contributed by atoms with Crippen LogP contribution >= 0.6 is 0 Å². The maximum Gasteiger partial charge on any atom is -0.0354 e. The second-order valence-electron chi connectivity index (χ2n) is 25.8. The minimum absolute atomic E-state index is 0.500. The lowest BCUT2D eigenvalue weighted by Gasteiger charge is -2.32. The van der Waals surface area contributed by atoms with Crippen LogP contribution in [0.2, 0.25) is 0 Å². The molecule has 0 aromatic rings. The van der Waals surface area contributed by atoms with Crippen molar-refractivity contribution in [3.8, 4) is 0 Å². The topological polar surface area (TPSA) is 0 Å². The van der Waals surface area contributed by atoms with Crippen molar-refractivity contribution in [1.82, 2.24) is 0 Å². The molecule has 0 radical (unpaired) electrons. The van der Waals surface area contributed by atoms with Crippen LogP contribution in [0.15, 0.2) is 0 Å². The van der Waals surface area contributed by atoms with E-state index >= 15 is 0 Å². The lowest BCUT2D eigenvalue weighted by Crippen LogP contribution is -2.19. The second kappa shape index (κ2) is 66.0. The first kappa shape index (κ1) is 89.8. The van der Waals surface area contributed by atoms with Gasteiger partial charge in [0.1, 0.15) is 0 Å². The molecule has 0 aromatic carbocycles. The minimum atomic E-state index is 0.500. The molecule has 0 aliphatic heterocycles. The number of hydrogen-bond donors (Lipinski definition) is 0. The lowest BCUT2D eigenvalue weighted by atomic mass is 9.74. The van der Waals surface area contributed by atoms with Crippen LogP contribution in [0.1, 0.15) is 383 Å². The number of rotatable bonds is 2. The van der Waals surface area contributed by atoms with Gasteiger partial charge in [-0.3, -0.25) is 0 Å². The zero-order valence-electron chi connectivity index (χ0n) is 55.7. The predicted octanol–water partition coefficient (Wildman–Crippen LogP) is 27.2. The molecule has 0 atom stereocenters. The van der Waals surface area contributed by atoms with Crippen LogP contribution in [0, 0.1) is 57.2 Å². The maximum atomic E-state index is 2.39. The van der Waals surface area contributed by atoms with E-state index in [1.807, 2.05) is 41.5 Å². The molecular weight excluding hydrogens is 805 g/mol. The van der Waals surface area contributed by atoms with E-state index in [1.54, 1.807) is 0 Å². The molecule has 4 aliphatic rings. The summed E-state index contributed by atoms with van der Waals surface area (Å²) in [6, 6.07) is 0. The highest BCUT2D eigenvalue weighted by Crippen LogP contribution is 2.37. The van der Waals surface area contributed by atoms with Crippen LogP contribution in [-0.4, -0.2) is 0 Å². The Morgan fingerprint density at radius 1 is 0.403 bits per heavy atom. The SMILES string of the molecule is CC.CC.CC.CC(C)(C)C.CC(C)C.CC1CCC(C)(C)CC1.CC1CCCC1.CC1CCCCC1.CCC.CCC.CCC(C)(C)C.CCC(C)(C)C.CCC(C)C.CCC1CCCC1. The van der Waals surface area contributed by atoms with Crippen LogP contribution in [0.5, 0.6) is 0 Å². The molecule has 0 unspecified atom stereocenters. The molecule has 0 nitrogen and oxygen atoms in total. The standard InChI is InChI=1S/C9H18.2C7H14.C6H12.2C6H14.2C5H12.C4H10.2C3H8.3C2H6/c1-8-4-6-9(2,3)7-5-8;1-7-5-3-2-4-6-7;1-2-7-5-3-4-6-7;1-6-4-2-3-5-6;2*1-5-6(2,3)4;1-5(2,3)4;1-4-5(2)3;1-4(2)3;2*1-3-2;3*1-2/h8H,4-7H2,1-3H3;2*7H,2-6H2,1H3;6H,2-5H2,1H3;2*5H2,1-4H3;1-4H3;5H,4H2,1-3H3;4H,1-3H3;2*3H2,1-2H3;3*1-2H3. The summed E-state index contributed by atoms with van der Waals surface area (Å²) in [4.78, 5) is 0. The van der Waals surface area contributed by atoms with E-state index < -0.39 is 0 Å². The van der Waals surface area contributed by atoms with Crippen molar-refractivity contribution >= 4 is 0 Å². The molecule has 4 fully saturated rings. The summed E-state index contributed by atoms with van der Waals surface area (Å²) >= 11 is 0. The van der Waals surface area contributed by atoms with Gasteiger partial charge >= 0.3 is 0 Å². The van der Waals surface area contributed by atoms with Crippen LogP contribution in [-0.2, 0) is 0 Å². The van der Waals surface area contributed by atoms with Gasteiger partial charge in [-0.1, -0.05) is 370 Å². The van der Waals surface area contributed by atoms with Crippen molar-refractivity contribution in [2.45, 2.75) is 383 Å². The highest BCUT2D eigenvalue weighted by Gasteiger charge is 2.24. The van der Waals surface area contributed by atoms with Gasteiger partial charge < -0.3 is 0 Å². The van der Waals surface area contributed by atoms with Crippen molar-refractivity contribution in [2.24, 2.45) is 57.2 Å². The average molecular weight is 960 g/mol. The Labute approximate surface area is 438 Å². The Morgan fingerprint density at radius 3 is 0.687 bits per heavy atom. The van der Waals surface area contributed by atoms with Gasteiger partial charge in [-0.2, -0.15) is 0 Å². The van der Waals surface area contributed by atoms with E-state index in [0.717, 1.165) is 35.5 Å². The fourth-order valence-corrected chi connectivity index (χ4v) is 5.40. The Hall–Kier alpha value is 0. The van der Waals surface area contributed by atoms with Gasteiger partial charge in [0, 0.05) is 0 Å². The number of hydrogen-bond acceptors (Lipinski definition) is 0. The molecule has 4 aliphatic carbocycles. The van der Waals surface area contributed by atoms with Gasteiger partial charge in [-0.25, -0.2) is 0 Å². The fourth-order valence-electron chi connectivity index (χ4n) is 5.40. The Bertz CT molecular complexity index is 694. The zero-order valence-corrected chi connectivity index (χ0v) is 55.7. The predicted molar refractivity (Wildman–Crippen MR) is 330 cm³/mol. The molecule has 0 spiro atoms. The minimum Gasteiger partial charge on any atom is -0.0683 e. The van der Waals surface area contributed by atoms with Crippen LogP contribution < -0.4 is 0 Å². The summed E-state index contributed by atoms with van der Waals surface area (Å²) in [5, 5.41) is 0. The van der Waals surface area contributed by atoms with Crippen LogP contribution in [0.3, 0.4) is 0 Å². The third-order valence-corrected chi connectivity index (χ3v) is 11.2. The van der Waals surface area contributed by atoms with Crippen LogP contribution in [0.4, 0.5) is 0 Å². The molecular formula is C67H154. The smallest absolute Gasteiger partial charge is 0.0354 e. The molecule has 4 rings (SSSR count). The molecule has 0 bridgehead atoms. The van der Waals surface area contributed by atoms with E-state index in [1.165, 1.54) is 148 Å². The highest BCUT2D eigenvalue weighted by atomic mass is 14.3. The molecule has 4 saturated carbocycles. The largest absolute Gasteiger partial charge is 0.0683 e. The Balaban J connectivity index is -0.0000000667. The summed E-state index contributed by atoms with van der Waals surface area (Å²) in [5.74, 6) is 5.90. The van der Waals surface area contributed by atoms with Crippen molar-refractivity contribution in [1.29, 1.82) is 0 Å². The quantitative estimate of drug-likeness (QED) is 0.259. The van der Waals surface area contributed by atoms with Crippen molar-refractivity contribution < 1.29 is 0 Å². The molecule has 0 heteroatoms. The lowest BCUT2D eigenvalue weighted by molar-refractivity contribution is 0.201. The molecule has 0 aromatic heterocycles. The van der Waals surface area contributed by atoms with Gasteiger partial charge in [0.05, 0.1) is 0 Å². The first-order valence-corrected chi connectivity index (χ1v) is 30.8. The summed E-state index contributed by atoms with van der Waals surface area (Å²) < 4.78 is 0. The van der Waals surface area contributed by atoms with Crippen molar-refractivity contribution in [3.63, 3.8) is 0 Å². The zero-order chi connectivity index (χ0) is 55.7. The van der Waals surface area contributed by atoms with E-state index in [4.69, 9.17) is 0 Å². The van der Waals surface area contributed by atoms with E-state index in [9.17, 15) is 0 Å². The van der Waals surface area contributed by atoms with E-state index in [0.29, 0.717) is 21.7 Å². The fraction of sp³-hybridized carbons (Fsp3) is 1.00. The third kappa shape index (κ3) is 140. The molecule has 0 N–H and O–H groups in total. The van der Waals surface area contributed by atoms with Gasteiger partial charge in [0.15, 0.2) is 0 Å². The normalized spacial score (nSPS) is 16.3. The molecule has 422 valence electrons. The van der Waals surface area contributed by atoms with Gasteiger partial charge in [-0.15, -0.1) is 0 Å².